The van der Waals surface area contributed by atoms with Gasteiger partial charge in [-0.1, -0.05) is 26.0 Å². The summed E-state index contributed by atoms with van der Waals surface area (Å²) in [6.45, 7) is 5.30. The fraction of sp³-hybridized carbons (Fsp3) is 0.529. The van der Waals surface area contributed by atoms with Crippen LogP contribution < -0.4 is 5.73 Å². The zero-order chi connectivity index (χ0) is 15.4. The van der Waals surface area contributed by atoms with E-state index in [0.717, 1.165) is 19.4 Å². The van der Waals surface area contributed by atoms with Crippen molar-refractivity contribution in [3.8, 4) is 0 Å². The predicted octanol–water partition coefficient (Wildman–Crippen LogP) is 2.90. The normalized spacial score (nSPS) is 21.1. The van der Waals surface area contributed by atoms with Gasteiger partial charge in [0.1, 0.15) is 0 Å². The average molecular weight is 325 g/mol. The van der Waals surface area contributed by atoms with Crippen molar-refractivity contribution in [1.29, 1.82) is 0 Å². The van der Waals surface area contributed by atoms with Crippen molar-refractivity contribution in [1.82, 2.24) is 4.90 Å². The maximum Gasteiger partial charge on any atom is 0.254 e. The lowest BCUT2D eigenvalue weighted by molar-refractivity contribution is 0.0573. The number of nitrogens with two attached hydrogens (primary N) is 1. The Labute approximate surface area is 138 Å². The largest absolute Gasteiger partial charge is 0.334 e. The number of likely N-dealkylation sites (tertiary alicyclic amines) is 1. The summed E-state index contributed by atoms with van der Waals surface area (Å²) in [7, 11) is 0. The highest BCUT2D eigenvalue weighted by Crippen LogP contribution is 2.23. The van der Waals surface area contributed by atoms with E-state index >= 15 is 0 Å². The predicted molar refractivity (Wildman–Crippen MR) is 90.6 cm³/mol. The molecule has 1 aromatic carbocycles. The standard InChI is InChI=1S/C17H24N2O2.ClH/c1-3-16(20)13-4-6-14(7-5-13)17(21)19-9-8-12(2)10-15(19)11-18;/h4-7,12,15H,3,8-11,18H2,1-2H3;1H. The number of carbonyl (C=O) groups excluding carboxylic acids is 2. The average Bonchev–Trinajstić information content (AvgIpc) is 2.53. The lowest BCUT2D eigenvalue weighted by atomic mass is 9.91. The van der Waals surface area contributed by atoms with E-state index in [1.54, 1.807) is 24.3 Å². The lowest BCUT2D eigenvalue weighted by Crippen LogP contribution is -2.49. The van der Waals surface area contributed by atoms with Crippen LogP contribution in [0.25, 0.3) is 0 Å². The molecule has 1 aliphatic heterocycles. The quantitative estimate of drug-likeness (QED) is 0.866. The van der Waals surface area contributed by atoms with Crippen LogP contribution >= 0.6 is 12.4 Å². The summed E-state index contributed by atoms with van der Waals surface area (Å²) in [5, 5.41) is 0. The van der Waals surface area contributed by atoms with Crippen molar-refractivity contribution in [2.75, 3.05) is 13.1 Å². The minimum absolute atomic E-state index is 0. The smallest absolute Gasteiger partial charge is 0.254 e. The molecule has 1 amide bonds. The number of ketones is 1. The monoisotopic (exact) mass is 324 g/mol. The first kappa shape index (κ1) is 18.7. The maximum absolute atomic E-state index is 12.6. The Kier molecular flexibility index (Phi) is 7.04. The van der Waals surface area contributed by atoms with E-state index in [1.165, 1.54) is 0 Å². The Hall–Kier alpha value is -1.39. The van der Waals surface area contributed by atoms with Crippen molar-refractivity contribution >= 4 is 24.1 Å². The molecule has 0 spiro atoms. The summed E-state index contributed by atoms with van der Waals surface area (Å²) in [5.74, 6) is 0.737. The summed E-state index contributed by atoms with van der Waals surface area (Å²) in [6, 6.07) is 7.10. The van der Waals surface area contributed by atoms with Crippen LogP contribution in [0.1, 0.15) is 53.8 Å². The SMILES string of the molecule is CCC(=O)c1ccc(C(=O)N2CCC(C)CC2CN)cc1.Cl. The molecule has 2 atom stereocenters. The Morgan fingerprint density at radius 2 is 1.82 bits per heavy atom. The zero-order valence-corrected chi connectivity index (χ0v) is 14.1. The highest BCUT2D eigenvalue weighted by Gasteiger charge is 2.29. The van der Waals surface area contributed by atoms with Crippen molar-refractivity contribution in [3.63, 3.8) is 0 Å². The van der Waals surface area contributed by atoms with Gasteiger partial charge in [0.2, 0.25) is 0 Å². The van der Waals surface area contributed by atoms with Crippen LogP contribution in [-0.4, -0.2) is 35.7 Å². The molecule has 0 aromatic heterocycles. The molecule has 1 aromatic rings. The molecule has 2 unspecified atom stereocenters. The van der Waals surface area contributed by atoms with E-state index in [4.69, 9.17) is 5.73 Å². The molecule has 0 saturated carbocycles. The molecule has 5 heteroatoms. The number of nitrogens with zero attached hydrogens (tertiary/aromatic N) is 1. The van der Waals surface area contributed by atoms with Gasteiger partial charge in [-0.2, -0.15) is 0 Å². The zero-order valence-electron chi connectivity index (χ0n) is 13.2. The van der Waals surface area contributed by atoms with Crippen molar-refractivity contribution < 1.29 is 9.59 Å². The van der Waals surface area contributed by atoms with Gasteiger partial charge < -0.3 is 10.6 Å². The molecule has 0 bridgehead atoms. The Bertz CT molecular complexity index is 516. The highest BCUT2D eigenvalue weighted by atomic mass is 35.5. The molecule has 1 aliphatic rings. The molecule has 1 heterocycles. The molecule has 2 N–H and O–H groups in total. The van der Waals surface area contributed by atoms with Crippen LogP contribution in [0.5, 0.6) is 0 Å². The van der Waals surface area contributed by atoms with Crippen LogP contribution in [-0.2, 0) is 0 Å². The number of hydrogen-bond donors (Lipinski definition) is 1. The molecule has 1 fully saturated rings. The number of carbonyl (C=O) groups is 2. The van der Waals surface area contributed by atoms with Gasteiger partial charge in [-0.25, -0.2) is 0 Å². The van der Waals surface area contributed by atoms with E-state index in [2.05, 4.69) is 6.92 Å². The minimum atomic E-state index is 0. The van der Waals surface area contributed by atoms with Crippen LogP contribution in [0.3, 0.4) is 0 Å². The Morgan fingerprint density at radius 3 is 2.36 bits per heavy atom. The summed E-state index contributed by atoms with van der Waals surface area (Å²) in [4.78, 5) is 26.1. The number of piperidine rings is 1. The minimum Gasteiger partial charge on any atom is -0.334 e. The van der Waals surface area contributed by atoms with Gasteiger partial charge in [0, 0.05) is 36.7 Å². The number of hydrogen-bond acceptors (Lipinski definition) is 3. The molecule has 4 nitrogen and oxygen atoms in total. The van der Waals surface area contributed by atoms with Crippen LogP contribution in [0, 0.1) is 5.92 Å². The molecule has 2 rings (SSSR count). The number of halogens is 1. The van der Waals surface area contributed by atoms with Gasteiger partial charge in [0.15, 0.2) is 5.78 Å². The van der Waals surface area contributed by atoms with Crippen molar-refractivity contribution in [2.45, 2.75) is 39.2 Å². The second kappa shape index (κ2) is 8.30. The molecular weight excluding hydrogens is 300 g/mol. The lowest BCUT2D eigenvalue weighted by Gasteiger charge is -2.38. The van der Waals surface area contributed by atoms with Crippen LogP contribution in [0.4, 0.5) is 0 Å². The molecule has 22 heavy (non-hydrogen) atoms. The summed E-state index contributed by atoms with van der Waals surface area (Å²) >= 11 is 0. The van der Waals surface area contributed by atoms with E-state index in [0.29, 0.717) is 30.0 Å². The molecule has 1 saturated heterocycles. The molecule has 0 aliphatic carbocycles. The Morgan fingerprint density at radius 1 is 1.23 bits per heavy atom. The first-order valence-electron chi connectivity index (χ1n) is 7.71. The van der Waals surface area contributed by atoms with Gasteiger partial charge in [-0.15, -0.1) is 12.4 Å². The second-order valence-electron chi connectivity index (χ2n) is 5.87. The summed E-state index contributed by atoms with van der Waals surface area (Å²) in [5.41, 5.74) is 7.11. The van der Waals surface area contributed by atoms with Gasteiger partial charge in [-0.3, -0.25) is 9.59 Å². The third-order valence-corrected chi connectivity index (χ3v) is 4.29. The van der Waals surface area contributed by atoms with E-state index in [9.17, 15) is 9.59 Å². The van der Waals surface area contributed by atoms with Crippen LogP contribution in [0.15, 0.2) is 24.3 Å². The van der Waals surface area contributed by atoms with Crippen molar-refractivity contribution in [2.24, 2.45) is 11.7 Å². The molecule has 0 radical (unpaired) electrons. The third kappa shape index (κ3) is 4.08. The number of Topliss-reactive ketones (excluding diaryl/α,β-unsaturated/α-hetero) is 1. The third-order valence-electron chi connectivity index (χ3n) is 4.29. The van der Waals surface area contributed by atoms with Gasteiger partial charge in [0.05, 0.1) is 0 Å². The van der Waals surface area contributed by atoms with E-state index in [-0.39, 0.29) is 30.1 Å². The topological polar surface area (TPSA) is 63.4 Å². The Balaban J connectivity index is 0.00000242. The maximum atomic E-state index is 12.6. The van der Waals surface area contributed by atoms with E-state index < -0.39 is 0 Å². The number of rotatable bonds is 4. The molecule has 122 valence electrons. The second-order valence-corrected chi connectivity index (χ2v) is 5.87. The summed E-state index contributed by atoms with van der Waals surface area (Å²) in [6.07, 6.45) is 2.47. The van der Waals surface area contributed by atoms with Gasteiger partial charge in [-0.05, 0) is 30.9 Å². The van der Waals surface area contributed by atoms with Crippen LogP contribution in [0.2, 0.25) is 0 Å². The fourth-order valence-electron chi connectivity index (χ4n) is 2.91. The molecular formula is C17H25ClN2O2. The van der Waals surface area contributed by atoms with Gasteiger partial charge >= 0.3 is 0 Å². The van der Waals surface area contributed by atoms with Gasteiger partial charge in [0.25, 0.3) is 5.91 Å². The highest BCUT2D eigenvalue weighted by molar-refractivity contribution is 5.98. The fourth-order valence-corrected chi connectivity index (χ4v) is 2.91. The number of benzene rings is 1. The number of amides is 1. The van der Waals surface area contributed by atoms with E-state index in [1.807, 2.05) is 11.8 Å². The summed E-state index contributed by atoms with van der Waals surface area (Å²) < 4.78 is 0. The first-order valence-corrected chi connectivity index (χ1v) is 7.71. The first-order chi connectivity index (χ1) is 10.1. The van der Waals surface area contributed by atoms with Crippen molar-refractivity contribution in [3.05, 3.63) is 35.4 Å².